The summed E-state index contributed by atoms with van der Waals surface area (Å²) in [6.45, 7) is 1.48. The SMILES string of the molecule is C[C@@H](NC(=O)CS(C)(=O)=O)c1ccc(F)cc1F. The van der Waals surface area contributed by atoms with Gasteiger partial charge in [0.2, 0.25) is 5.91 Å². The Morgan fingerprint density at radius 1 is 1.39 bits per heavy atom. The summed E-state index contributed by atoms with van der Waals surface area (Å²) in [4.78, 5) is 11.3. The van der Waals surface area contributed by atoms with Crippen molar-refractivity contribution in [2.24, 2.45) is 0 Å². The van der Waals surface area contributed by atoms with Crippen LogP contribution in [0, 0.1) is 11.6 Å². The molecule has 1 aromatic carbocycles. The van der Waals surface area contributed by atoms with Crippen molar-refractivity contribution in [3.63, 3.8) is 0 Å². The number of benzene rings is 1. The van der Waals surface area contributed by atoms with Gasteiger partial charge in [0.05, 0.1) is 6.04 Å². The Morgan fingerprint density at radius 2 is 2.00 bits per heavy atom. The minimum absolute atomic E-state index is 0.0956. The van der Waals surface area contributed by atoms with Gasteiger partial charge in [0.1, 0.15) is 17.4 Å². The number of rotatable bonds is 4. The molecule has 100 valence electrons. The molecule has 0 heterocycles. The first-order valence-electron chi connectivity index (χ1n) is 5.11. The molecule has 0 bridgehead atoms. The van der Waals surface area contributed by atoms with Gasteiger partial charge in [-0.15, -0.1) is 0 Å². The average molecular weight is 277 g/mol. The molecule has 0 saturated carbocycles. The summed E-state index contributed by atoms with van der Waals surface area (Å²) in [6.07, 6.45) is 0.926. The fourth-order valence-electron chi connectivity index (χ4n) is 1.45. The number of hydrogen-bond donors (Lipinski definition) is 1. The van der Waals surface area contributed by atoms with Crippen molar-refractivity contribution >= 4 is 15.7 Å². The van der Waals surface area contributed by atoms with E-state index < -0.39 is 39.2 Å². The number of carbonyl (C=O) groups excluding carboxylic acids is 1. The number of nitrogens with one attached hydrogen (secondary N) is 1. The molecule has 0 unspecified atom stereocenters. The summed E-state index contributed by atoms with van der Waals surface area (Å²) in [7, 11) is -3.43. The third-order valence-corrected chi connectivity index (χ3v) is 2.99. The molecule has 0 aliphatic carbocycles. The molecule has 1 atom stereocenters. The monoisotopic (exact) mass is 277 g/mol. The molecule has 1 rings (SSSR count). The van der Waals surface area contributed by atoms with E-state index in [9.17, 15) is 22.0 Å². The van der Waals surface area contributed by atoms with Crippen molar-refractivity contribution in [1.29, 1.82) is 0 Å². The van der Waals surface area contributed by atoms with Crippen molar-refractivity contribution in [2.45, 2.75) is 13.0 Å². The zero-order valence-electron chi connectivity index (χ0n) is 9.91. The van der Waals surface area contributed by atoms with E-state index in [4.69, 9.17) is 0 Å². The van der Waals surface area contributed by atoms with Gasteiger partial charge in [-0.3, -0.25) is 4.79 Å². The molecule has 4 nitrogen and oxygen atoms in total. The van der Waals surface area contributed by atoms with Crippen LogP contribution in [-0.4, -0.2) is 26.3 Å². The van der Waals surface area contributed by atoms with Crippen LogP contribution in [0.4, 0.5) is 8.78 Å². The molecule has 1 aromatic rings. The standard InChI is InChI=1S/C11H13F2NO3S/c1-7(14-11(15)6-18(2,16)17)9-4-3-8(12)5-10(9)13/h3-5,7H,6H2,1-2H3,(H,14,15)/t7-/m1/s1. The summed E-state index contributed by atoms with van der Waals surface area (Å²) in [6, 6.07) is 2.24. The van der Waals surface area contributed by atoms with Gasteiger partial charge >= 0.3 is 0 Å². The van der Waals surface area contributed by atoms with Crippen LogP contribution < -0.4 is 5.32 Å². The molecule has 0 saturated heterocycles. The quantitative estimate of drug-likeness (QED) is 0.899. The summed E-state index contributed by atoms with van der Waals surface area (Å²) >= 11 is 0. The Balaban J connectivity index is 2.76. The lowest BCUT2D eigenvalue weighted by Crippen LogP contribution is -2.32. The van der Waals surface area contributed by atoms with Gasteiger partial charge in [0.25, 0.3) is 0 Å². The predicted octanol–water partition coefficient (Wildman–Crippen LogP) is 1.19. The molecule has 1 amide bonds. The average Bonchev–Trinajstić information content (AvgIpc) is 2.13. The maximum atomic E-state index is 13.4. The van der Waals surface area contributed by atoms with E-state index in [1.165, 1.54) is 13.0 Å². The zero-order chi connectivity index (χ0) is 13.9. The molecular weight excluding hydrogens is 264 g/mol. The molecule has 18 heavy (non-hydrogen) atoms. The van der Waals surface area contributed by atoms with Gasteiger partial charge < -0.3 is 5.32 Å². The zero-order valence-corrected chi connectivity index (χ0v) is 10.7. The summed E-state index contributed by atoms with van der Waals surface area (Å²) in [5.74, 6) is -2.90. The van der Waals surface area contributed by atoms with Crippen LogP contribution in [0.25, 0.3) is 0 Å². The van der Waals surface area contributed by atoms with E-state index in [2.05, 4.69) is 5.32 Å². The van der Waals surface area contributed by atoms with Gasteiger partial charge in [-0.2, -0.15) is 0 Å². The highest BCUT2D eigenvalue weighted by atomic mass is 32.2. The molecular formula is C11H13F2NO3S. The van der Waals surface area contributed by atoms with E-state index in [-0.39, 0.29) is 5.56 Å². The third kappa shape index (κ3) is 4.40. The van der Waals surface area contributed by atoms with Crippen LogP contribution in [0.3, 0.4) is 0 Å². The van der Waals surface area contributed by atoms with Gasteiger partial charge in [0.15, 0.2) is 9.84 Å². The second-order valence-electron chi connectivity index (χ2n) is 4.03. The Bertz CT molecular complexity index is 557. The molecule has 1 N–H and O–H groups in total. The number of hydrogen-bond acceptors (Lipinski definition) is 3. The second kappa shape index (κ2) is 5.43. The molecule has 0 fully saturated rings. The Morgan fingerprint density at radius 3 is 2.50 bits per heavy atom. The molecule has 0 aliphatic rings. The van der Waals surface area contributed by atoms with Crippen LogP contribution in [0.15, 0.2) is 18.2 Å². The molecule has 0 aromatic heterocycles. The van der Waals surface area contributed by atoms with Crippen molar-refractivity contribution < 1.29 is 22.0 Å². The van der Waals surface area contributed by atoms with Gasteiger partial charge in [-0.1, -0.05) is 6.07 Å². The summed E-state index contributed by atoms with van der Waals surface area (Å²) in [5.41, 5.74) is 0.0956. The van der Waals surface area contributed by atoms with E-state index >= 15 is 0 Å². The lowest BCUT2D eigenvalue weighted by molar-refractivity contribution is -0.119. The van der Waals surface area contributed by atoms with Crippen LogP contribution in [0.5, 0.6) is 0 Å². The van der Waals surface area contributed by atoms with E-state index in [1.54, 1.807) is 0 Å². The summed E-state index contributed by atoms with van der Waals surface area (Å²) in [5, 5.41) is 2.33. The molecule has 0 spiro atoms. The lowest BCUT2D eigenvalue weighted by Gasteiger charge is -2.14. The highest BCUT2D eigenvalue weighted by Gasteiger charge is 2.17. The number of amides is 1. The minimum atomic E-state index is -3.43. The van der Waals surface area contributed by atoms with Crippen LogP contribution >= 0.6 is 0 Å². The summed E-state index contributed by atoms with van der Waals surface area (Å²) < 4.78 is 47.8. The predicted molar refractivity (Wildman–Crippen MR) is 62.6 cm³/mol. The number of sulfone groups is 1. The van der Waals surface area contributed by atoms with Gasteiger partial charge in [-0.05, 0) is 13.0 Å². The van der Waals surface area contributed by atoms with Crippen molar-refractivity contribution in [3.05, 3.63) is 35.4 Å². The Labute approximate surface area is 104 Å². The fraction of sp³-hybridized carbons (Fsp3) is 0.364. The van der Waals surface area contributed by atoms with E-state index in [0.717, 1.165) is 12.3 Å². The van der Waals surface area contributed by atoms with Crippen molar-refractivity contribution in [3.8, 4) is 0 Å². The minimum Gasteiger partial charge on any atom is -0.349 e. The first-order chi connectivity index (χ1) is 8.19. The lowest BCUT2D eigenvalue weighted by atomic mass is 10.1. The van der Waals surface area contributed by atoms with Crippen LogP contribution in [0.2, 0.25) is 0 Å². The highest BCUT2D eigenvalue weighted by molar-refractivity contribution is 7.91. The van der Waals surface area contributed by atoms with Crippen molar-refractivity contribution in [1.82, 2.24) is 5.32 Å². The first-order valence-corrected chi connectivity index (χ1v) is 7.17. The topological polar surface area (TPSA) is 63.2 Å². The fourth-order valence-corrected chi connectivity index (χ4v) is 2.01. The molecule has 7 heteroatoms. The highest BCUT2D eigenvalue weighted by Crippen LogP contribution is 2.17. The van der Waals surface area contributed by atoms with E-state index in [0.29, 0.717) is 6.07 Å². The largest absolute Gasteiger partial charge is 0.349 e. The maximum Gasteiger partial charge on any atom is 0.235 e. The number of carbonyl (C=O) groups is 1. The van der Waals surface area contributed by atoms with Crippen LogP contribution in [-0.2, 0) is 14.6 Å². The second-order valence-corrected chi connectivity index (χ2v) is 6.17. The smallest absolute Gasteiger partial charge is 0.235 e. The Kier molecular flexibility index (Phi) is 4.39. The first kappa shape index (κ1) is 14.6. The number of halogens is 2. The Hall–Kier alpha value is -1.50. The molecule has 0 radical (unpaired) electrons. The maximum absolute atomic E-state index is 13.4. The van der Waals surface area contributed by atoms with Crippen LogP contribution in [0.1, 0.15) is 18.5 Å². The van der Waals surface area contributed by atoms with Gasteiger partial charge in [-0.25, -0.2) is 17.2 Å². The van der Waals surface area contributed by atoms with Crippen molar-refractivity contribution in [2.75, 3.05) is 12.0 Å². The molecule has 0 aliphatic heterocycles. The van der Waals surface area contributed by atoms with E-state index in [1.807, 2.05) is 0 Å². The normalized spacial score (nSPS) is 13.1. The third-order valence-electron chi connectivity index (χ3n) is 2.20. The van der Waals surface area contributed by atoms with Gasteiger partial charge in [0, 0.05) is 17.9 Å².